The van der Waals surface area contributed by atoms with E-state index in [2.05, 4.69) is 20.8 Å². The fourth-order valence-corrected chi connectivity index (χ4v) is 2.67. The highest BCUT2D eigenvalue weighted by Gasteiger charge is 2.11. The lowest BCUT2D eigenvalue weighted by atomic mass is 10.2. The van der Waals surface area contributed by atoms with Crippen molar-refractivity contribution in [3.8, 4) is 22.9 Å². The quantitative estimate of drug-likeness (QED) is 0.599. The van der Waals surface area contributed by atoms with E-state index in [1.807, 2.05) is 24.3 Å². The largest absolute Gasteiger partial charge is 0.497 e. The summed E-state index contributed by atoms with van der Waals surface area (Å²) in [6.07, 6.45) is 0. The van der Waals surface area contributed by atoms with Crippen LogP contribution in [0.3, 0.4) is 0 Å². The van der Waals surface area contributed by atoms with Crippen molar-refractivity contribution >= 4 is 34.6 Å². The number of halogens is 1. The van der Waals surface area contributed by atoms with Crippen LogP contribution < -0.4 is 20.1 Å². The van der Waals surface area contributed by atoms with Crippen LogP contribution in [0.2, 0.25) is 5.02 Å². The second kappa shape index (κ2) is 8.70. The van der Waals surface area contributed by atoms with E-state index in [4.69, 9.17) is 37.8 Å². The normalized spacial score (nSPS) is 10.3. The minimum absolute atomic E-state index is 0.276. The number of thiocarbonyl (C=S) groups is 1. The molecular weight excluding hydrogens is 388 g/mol. The standard InChI is InChI=1S/C18H17ClN4O3S/c1-24-13-6-7-14(15(9-13)25-2)21-18(27)20-10-16-22-17(23-26-16)11-4-3-5-12(19)8-11/h3-9H,10H2,1-2H3,(H2,20,21,27). The number of aromatic nitrogens is 2. The summed E-state index contributed by atoms with van der Waals surface area (Å²) in [5, 5.41) is 11.0. The third-order valence-corrected chi connectivity index (χ3v) is 4.09. The molecule has 0 amide bonds. The predicted octanol–water partition coefficient (Wildman–Crippen LogP) is 3.89. The number of hydrogen-bond acceptors (Lipinski definition) is 6. The molecule has 1 aromatic heterocycles. The van der Waals surface area contributed by atoms with Gasteiger partial charge in [0.1, 0.15) is 11.5 Å². The van der Waals surface area contributed by atoms with E-state index in [1.54, 1.807) is 32.4 Å². The van der Waals surface area contributed by atoms with Gasteiger partial charge in [-0.25, -0.2) is 0 Å². The molecule has 0 aliphatic heterocycles. The van der Waals surface area contributed by atoms with E-state index in [0.29, 0.717) is 39.0 Å². The maximum atomic E-state index is 5.98. The number of rotatable bonds is 6. The third-order valence-electron chi connectivity index (χ3n) is 3.61. The molecule has 7 nitrogen and oxygen atoms in total. The molecule has 3 rings (SSSR count). The van der Waals surface area contributed by atoms with Crippen LogP contribution in [0.4, 0.5) is 5.69 Å². The molecule has 9 heteroatoms. The van der Waals surface area contributed by atoms with Gasteiger partial charge in [-0.05, 0) is 36.5 Å². The van der Waals surface area contributed by atoms with Crippen LogP contribution in [0.5, 0.6) is 11.5 Å². The molecule has 0 radical (unpaired) electrons. The summed E-state index contributed by atoms with van der Waals surface area (Å²) in [4.78, 5) is 4.33. The molecule has 140 valence electrons. The minimum atomic E-state index is 0.276. The van der Waals surface area contributed by atoms with Gasteiger partial charge in [-0.2, -0.15) is 4.98 Å². The Bertz CT molecular complexity index is 948. The SMILES string of the molecule is COc1ccc(NC(=S)NCc2nc(-c3cccc(Cl)c3)no2)c(OC)c1. The van der Waals surface area contributed by atoms with Crippen molar-refractivity contribution in [1.29, 1.82) is 0 Å². The van der Waals surface area contributed by atoms with E-state index >= 15 is 0 Å². The molecule has 0 atom stereocenters. The Kier molecular flexibility index (Phi) is 6.10. The fourth-order valence-electron chi connectivity index (χ4n) is 2.30. The van der Waals surface area contributed by atoms with Crippen LogP contribution >= 0.6 is 23.8 Å². The smallest absolute Gasteiger partial charge is 0.246 e. The molecule has 27 heavy (non-hydrogen) atoms. The summed E-state index contributed by atoms with van der Waals surface area (Å²) in [7, 11) is 3.17. The lowest BCUT2D eigenvalue weighted by Gasteiger charge is -2.13. The molecular formula is C18H17ClN4O3S. The Morgan fingerprint density at radius 2 is 2.04 bits per heavy atom. The molecule has 3 aromatic rings. The summed E-state index contributed by atoms with van der Waals surface area (Å²) >= 11 is 11.3. The average molecular weight is 405 g/mol. The lowest BCUT2D eigenvalue weighted by Crippen LogP contribution is -2.28. The molecule has 0 fully saturated rings. The predicted molar refractivity (Wildman–Crippen MR) is 107 cm³/mol. The number of anilines is 1. The molecule has 0 aliphatic rings. The van der Waals surface area contributed by atoms with Gasteiger partial charge in [0.05, 0.1) is 26.5 Å². The molecule has 0 unspecified atom stereocenters. The van der Waals surface area contributed by atoms with Gasteiger partial charge in [-0.3, -0.25) is 0 Å². The molecule has 2 aromatic carbocycles. The van der Waals surface area contributed by atoms with Crippen LogP contribution in [0.25, 0.3) is 11.4 Å². The Balaban J connectivity index is 1.60. The fraction of sp³-hybridized carbons (Fsp3) is 0.167. The molecule has 0 saturated carbocycles. The Morgan fingerprint density at radius 3 is 2.78 bits per heavy atom. The van der Waals surface area contributed by atoms with Crippen molar-refractivity contribution in [1.82, 2.24) is 15.5 Å². The van der Waals surface area contributed by atoms with Crippen LogP contribution in [0.1, 0.15) is 5.89 Å². The summed E-state index contributed by atoms with van der Waals surface area (Å²) in [5.74, 6) is 2.16. The molecule has 0 bridgehead atoms. The van der Waals surface area contributed by atoms with Crippen LogP contribution in [0, 0.1) is 0 Å². The first-order chi connectivity index (χ1) is 13.1. The molecule has 0 aliphatic carbocycles. The van der Waals surface area contributed by atoms with Crippen LogP contribution in [0.15, 0.2) is 47.0 Å². The first-order valence-electron chi connectivity index (χ1n) is 7.94. The van der Waals surface area contributed by atoms with Crippen molar-refractivity contribution in [3.63, 3.8) is 0 Å². The van der Waals surface area contributed by atoms with E-state index < -0.39 is 0 Å². The van der Waals surface area contributed by atoms with Gasteiger partial charge in [0.25, 0.3) is 0 Å². The first kappa shape index (κ1) is 18.9. The number of benzene rings is 2. The highest BCUT2D eigenvalue weighted by atomic mass is 35.5. The van der Waals surface area contributed by atoms with Gasteiger partial charge in [-0.15, -0.1) is 0 Å². The number of nitrogens with one attached hydrogen (secondary N) is 2. The molecule has 0 spiro atoms. The van der Waals surface area contributed by atoms with Crippen LogP contribution in [-0.2, 0) is 6.54 Å². The second-order valence-corrected chi connectivity index (χ2v) is 6.24. The maximum absolute atomic E-state index is 5.98. The third kappa shape index (κ3) is 4.87. The zero-order valence-corrected chi connectivity index (χ0v) is 16.2. The Morgan fingerprint density at radius 1 is 1.19 bits per heavy atom. The first-order valence-corrected chi connectivity index (χ1v) is 8.73. The molecule has 2 N–H and O–H groups in total. The van der Waals surface area contributed by atoms with Gasteiger partial charge in [0.2, 0.25) is 11.7 Å². The summed E-state index contributed by atoms with van der Waals surface area (Å²) in [6.45, 7) is 0.276. The second-order valence-electron chi connectivity index (χ2n) is 5.40. The lowest BCUT2D eigenvalue weighted by molar-refractivity contribution is 0.376. The van der Waals surface area contributed by atoms with Crippen molar-refractivity contribution in [3.05, 3.63) is 53.4 Å². The number of hydrogen-bond donors (Lipinski definition) is 2. The van der Waals surface area contributed by atoms with Crippen molar-refractivity contribution in [2.45, 2.75) is 6.54 Å². The zero-order valence-electron chi connectivity index (χ0n) is 14.7. The maximum Gasteiger partial charge on any atom is 0.246 e. The Labute approximate surface area is 166 Å². The minimum Gasteiger partial charge on any atom is -0.497 e. The van der Waals surface area contributed by atoms with E-state index in [0.717, 1.165) is 5.56 Å². The summed E-state index contributed by atoms with van der Waals surface area (Å²) in [6, 6.07) is 12.6. The zero-order chi connectivity index (χ0) is 19.2. The van der Waals surface area contributed by atoms with Crippen LogP contribution in [-0.4, -0.2) is 29.5 Å². The van der Waals surface area contributed by atoms with Gasteiger partial charge in [0.15, 0.2) is 5.11 Å². The van der Waals surface area contributed by atoms with Crippen molar-refractivity contribution in [2.24, 2.45) is 0 Å². The van der Waals surface area contributed by atoms with Crippen molar-refractivity contribution in [2.75, 3.05) is 19.5 Å². The van der Waals surface area contributed by atoms with E-state index in [9.17, 15) is 0 Å². The highest BCUT2D eigenvalue weighted by molar-refractivity contribution is 7.80. The van der Waals surface area contributed by atoms with Gasteiger partial charge >= 0.3 is 0 Å². The molecule has 0 saturated heterocycles. The number of nitrogens with zero attached hydrogens (tertiary/aromatic N) is 2. The number of methoxy groups -OCH3 is 2. The topological polar surface area (TPSA) is 81.4 Å². The highest BCUT2D eigenvalue weighted by Crippen LogP contribution is 2.29. The number of ether oxygens (including phenoxy) is 2. The van der Waals surface area contributed by atoms with Gasteiger partial charge in [-0.1, -0.05) is 28.9 Å². The van der Waals surface area contributed by atoms with Crippen molar-refractivity contribution < 1.29 is 14.0 Å². The average Bonchev–Trinajstić information content (AvgIpc) is 3.16. The Hall–Kier alpha value is -2.84. The summed E-state index contributed by atoms with van der Waals surface area (Å²) in [5.41, 5.74) is 1.49. The van der Waals surface area contributed by atoms with Gasteiger partial charge in [0, 0.05) is 16.7 Å². The summed E-state index contributed by atoms with van der Waals surface area (Å²) < 4.78 is 15.7. The molecule has 1 heterocycles. The van der Waals surface area contributed by atoms with Gasteiger partial charge < -0.3 is 24.6 Å². The van der Waals surface area contributed by atoms with E-state index in [-0.39, 0.29) is 6.54 Å². The van der Waals surface area contributed by atoms with E-state index in [1.165, 1.54) is 0 Å². The monoisotopic (exact) mass is 404 g/mol.